The largest absolute Gasteiger partial charge is 0.362 e. The Bertz CT molecular complexity index is 456. The smallest absolute Gasteiger partial charge is 0.186 e. The zero-order chi connectivity index (χ0) is 12.7. The molecule has 0 bridgehead atoms. The first-order chi connectivity index (χ1) is 8.17. The van der Waals surface area contributed by atoms with Crippen LogP contribution in [-0.2, 0) is 0 Å². The number of hydrazone groups is 1. The average molecular weight is 246 g/mol. The van der Waals surface area contributed by atoms with Crippen LogP contribution in [0, 0.1) is 11.3 Å². The Morgan fingerprint density at radius 2 is 2.06 bits per heavy atom. The number of hydrogen-bond donors (Lipinski definition) is 2. The van der Waals surface area contributed by atoms with Gasteiger partial charge in [0, 0.05) is 6.54 Å². The second-order valence-corrected chi connectivity index (χ2v) is 3.77. The molecule has 2 N–H and O–H groups in total. The molecular formula is C12H14N4S. The number of hydrogen-bond acceptors (Lipinski definition) is 3. The van der Waals surface area contributed by atoms with Crippen molar-refractivity contribution in [2.45, 2.75) is 13.8 Å². The summed E-state index contributed by atoms with van der Waals surface area (Å²) in [6.07, 6.45) is 0. The van der Waals surface area contributed by atoms with Crippen molar-refractivity contribution in [1.29, 1.82) is 5.26 Å². The summed E-state index contributed by atoms with van der Waals surface area (Å²) in [5.41, 5.74) is 5.16. The molecule has 1 aromatic carbocycles. The zero-order valence-electron chi connectivity index (χ0n) is 9.82. The van der Waals surface area contributed by atoms with Crippen LogP contribution in [0.5, 0.6) is 0 Å². The molecule has 0 aromatic heterocycles. The van der Waals surface area contributed by atoms with Crippen molar-refractivity contribution in [2.75, 3.05) is 6.54 Å². The number of nitrogens with zero attached hydrogens (tertiary/aromatic N) is 2. The van der Waals surface area contributed by atoms with Crippen molar-refractivity contribution in [3.8, 4) is 6.07 Å². The van der Waals surface area contributed by atoms with Gasteiger partial charge in [0.05, 0.1) is 17.3 Å². The van der Waals surface area contributed by atoms with Gasteiger partial charge in [-0.05, 0) is 43.8 Å². The maximum Gasteiger partial charge on any atom is 0.186 e. The van der Waals surface area contributed by atoms with Crippen molar-refractivity contribution in [1.82, 2.24) is 10.7 Å². The van der Waals surface area contributed by atoms with Crippen LogP contribution in [0.15, 0.2) is 29.4 Å². The van der Waals surface area contributed by atoms with E-state index in [1.165, 1.54) is 0 Å². The monoisotopic (exact) mass is 246 g/mol. The highest BCUT2D eigenvalue weighted by Gasteiger charge is 1.98. The molecule has 5 heteroatoms. The van der Waals surface area contributed by atoms with Gasteiger partial charge in [-0.15, -0.1) is 0 Å². The Labute approximate surface area is 106 Å². The number of benzene rings is 1. The van der Waals surface area contributed by atoms with E-state index in [9.17, 15) is 0 Å². The van der Waals surface area contributed by atoms with Gasteiger partial charge < -0.3 is 5.32 Å². The molecule has 0 saturated carbocycles. The second kappa shape index (κ2) is 6.61. The Hall–Kier alpha value is -1.93. The van der Waals surface area contributed by atoms with Crippen molar-refractivity contribution in [3.63, 3.8) is 0 Å². The summed E-state index contributed by atoms with van der Waals surface area (Å²) in [6.45, 7) is 4.60. The van der Waals surface area contributed by atoms with Gasteiger partial charge in [0.25, 0.3) is 0 Å². The summed E-state index contributed by atoms with van der Waals surface area (Å²) >= 11 is 4.99. The first-order valence-electron chi connectivity index (χ1n) is 5.26. The first-order valence-corrected chi connectivity index (χ1v) is 5.67. The molecule has 0 unspecified atom stereocenters. The quantitative estimate of drug-likeness (QED) is 0.485. The van der Waals surface area contributed by atoms with Gasteiger partial charge in [-0.3, -0.25) is 5.43 Å². The second-order valence-electron chi connectivity index (χ2n) is 3.36. The third kappa shape index (κ3) is 4.21. The molecule has 0 aliphatic rings. The van der Waals surface area contributed by atoms with E-state index in [4.69, 9.17) is 17.5 Å². The minimum atomic E-state index is 0.500. The normalized spacial score (nSPS) is 10.5. The van der Waals surface area contributed by atoms with Crippen molar-refractivity contribution in [2.24, 2.45) is 5.10 Å². The number of thiocarbonyl (C=S) groups is 1. The van der Waals surface area contributed by atoms with Crippen LogP contribution in [0.2, 0.25) is 0 Å². The predicted molar refractivity (Wildman–Crippen MR) is 72.8 cm³/mol. The van der Waals surface area contributed by atoms with Gasteiger partial charge in [0.15, 0.2) is 5.11 Å². The standard InChI is InChI=1S/C12H14N4S/c1-3-14-12(17)16-15-9(2)11-6-4-10(8-13)5-7-11/h4-7H,3H2,1-2H3,(H2,14,16,17). The fourth-order valence-electron chi connectivity index (χ4n) is 1.19. The van der Waals surface area contributed by atoms with E-state index in [2.05, 4.69) is 21.9 Å². The SMILES string of the molecule is CCNC(=S)NN=C(C)c1ccc(C#N)cc1. The molecule has 17 heavy (non-hydrogen) atoms. The van der Waals surface area contributed by atoms with E-state index in [1.54, 1.807) is 12.1 Å². The lowest BCUT2D eigenvalue weighted by Crippen LogP contribution is -2.32. The van der Waals surface area contributed by atoms with Crippen LogP contribution in [-0.4, -0.2) is 17.4 Å². The summed E-state index contributed by atoms with van der Waals surface area (Å²) in [5.74, 6) is 0. The molecular weight excluding hydrogens is 232 g/mol. The van der Waals surface area contributed by atoms with Crippen LogP contribution in [0.3, 0.4) is 0 Å². The highest BCUT2D eigenvalue weighted by molar-refractivity contribution is 7.80. The summed E-state index contributed by atoms with van der Waals surface area (Å²) in [7, 11) is 0. The van der Waals surface area contributed by atoms with Gasteiger partial charge in [0.1, 0.15) is 0 Å². The van der Waals surface area contributed by atoms with Crippen molar-refractivity contribution in [3.05, 3.63) is 35.4 Å². The maximum atomic E-state index is 8.68. The topological polar surface area (TPSA) is 60.2 Å². The minimum absolute atomic E-state index is 0.500. The summed E-state index contributed by atoms with van der Waals surface area (Å²) in [5, 5.41) is 16.3. The summed E-state index contributed by atoms with van der Waals surface area (Å²) < 4.78 is 0. The molecule has 0 aliphatic heterocycles. The minimum Gasteiger partial charge on any atom is -0.362 e. The molecule has 88 valence electrons. The third-order valence-corrected chi connectivity index (χ3v) is 2.33. The molecule has 0 aliphatic carbocycles. The Balaban J connectivity index is 2.68. The summed E-state index contributed by atoms with van der Waals surface area (Å²) in [4.78, 5) is 0. The van der Waals surface area contributed by atoms with Gasteiger partial charge >= 0.3 is 0 Å². The van der Waals surface area contributed by atoms with Gasteiger partial charge in [0.2, 0.25) is 0 Å². The molecule has 0 spiro atoms. The number of nitriles is 1. The highest BCUT2D eigenvalue weighted by atomic mass is 32.1. The lowest BCUT2D eigenvalue weighted by Gasteiger charge is -2.05. The van der Waals surface area contributed by atoms with E-state index in [-0.39, 0.29) is 0 Å². The number of rotatable bonds is 3. The average Bonchev–Trinajstić information content (AvgIpc) is 2.36. The molecule has 0 heterocycles. The zero-order valence-corrected chi connectivity index (χ0v) is 10.6. The lowest BCUT2D eigenvalue weighted by atomic mass is 10.1. The maximum absolute atomic E-state index is 8.68. The highest BCUT2D eigenvalue weighted by Crippen LogP contribution is 2.04. The molecule has 0 radical (unpaired) electrons. The Morgan fingerprint density at radius 3 is 2.59 bits per heavy atom. The van der Waals surface area contributed by atoms with E-state index >= 15 is 0 Å². The molecule has 1 rings (SSSR count). The Morgan fingerprint density at radius 1 is 1.41 bits per heavy atom. The summed E-state index contributed by atoms with van der Waals surface area (Å²) in [6, 6.07) is 9.31. The first kappa shape index (κ1) is 13.1. The predicted octanol–water partition coefficient (Wildman–Crippen LogP) is 1.77. The van der Waals surface area contributed by atoms with Crippen LogP contribution in [0.4, 0.5) is 0 Å². The number of nitrogens with one attached hydrogen (secondary N) is 2. The van der Waals surface area contributed by atoms with Crippen LogP contribution < -0.4 is 10.7 Å². The van der Waals surface area contributed by atoms with E-state index < -0.39 is 0 Å². The van der Waals surface area contributed by atoms with Crippen molar-refractivity contribution >= 4 is 23.0 Å². The van der Waals surface area contributed by atoms with Crippen molar-refractivity contribution < 1.29 is 0 Å². The van der Waals surface area contributed by atoms with E-state index in [1.807, 2.05) is 26.0 Å². The van der Waals surface area contributed by atoms with E-state index in [0.29, 0.717) is 10.7 Å². The van der Waals surface area contributed by atoms with Gasteiger partial charge in [-0.1, -0.05) is 12.1 Å². The Kier molecular flexibility index (Phi) is 5.11. The molecule has 0 amide bonds. The molecule has 0 saturated heterocycles. The van der Waals surface area contributed by atoms with Crippen LogP contribution in [0.1, 0.15) is 25.0 Å². The molecule has 0 fully saturated rings. The van der Waals surface area contributed by atoms with Crippen LogP contribution in [0.25, 0.3) is 0 Å². The third-order valence-electron chi connectivity index (χ3n) is 2.09. The molecule has 4 nitrogen and oxygen atoms in total. The van der Waals surface area contributed by atoms with Crippen LogP contribution >= 0.6 is 12.2 Å². The fraction of sp³-hybridized carbons (Fsp3) is 0.250. The van der Waals surface area contributed by atoms with E-state index in [0.717, 1.165) is 17.8 Å². The molecule has 0 atom stereocenters. The molecule has 1 aromatic rings. The van der Waals surface area contributed by atoms with Gasteiger partial charge in [-0.25, -0.2) is 0 Å². The lowest BCUT2D eigenvalue weighted by molar-refractivity contribution is 0.901. The van der Waals surface area contributed by atoms with Gasteiger partial charge in [-0.2, -0.15) is 10.4 Å². The fourth-order valence-corrected chi connectivity index (χ4v) is 1.38.